The minimum atomic E-state index is -0.0909. The van der Waals surface area contributed by atoms with Crippen LogP contribution in [0.5, 0.6) is 0 Å². The minimum Gasteiger partial charge on any atom is -0.398 e. The van der Waals surface area contributed by atoms with Gasteiger partial charge in [0.05, 0.1) is 5.56 Å². The number of nitrogens with two attached hydrogens (primary N) is 1. The topological polar surface area (TPSA) is 58.4 Å². The predicted molar refractivity (Wildman–Crippen MR) is 85.7 cm³/mol. The molecule has 5 heteroatoms. The number of benzene rings is 1. The van der Waals surface area contributed by atoms with Gasteiger partial charge in [-0.15, -0.1) is 0 Å². The van der Waals surface area contributed by atoms with Gasteiger partial charge in [0.1, 0.15) is 0 Å². The van der Waals surface area contributed by atoms with Crippen molar-refractivity contribution >= 4 is 27.5 Å². The summed E-state index contributed by atoms with van der Waals surface area (Å²) in [6, 6.07) is 5.93. The molecule has 0 aromatic heterocycles. The molecule has 1 aliphatic heterocycles. The van der Waals surface area contributed by atoms with Crippen LogP contribution in [-0.2, 0) is 0 Å². The summed E-state index contributed by atoms with van der Waals surface area (Å²) in [6.45, 7) is 7.32. The summed E-state index contributed by atoms with van der Waals surface area (Å²) in [5.41, 5.74) is 6.90. The van der Waals surface area contributed by atoms with Gasteiger partial charge in [-0.2, -0.15) is 0 Å². The molecule has 0 spiro atoms. The predicted octanol–water partition coefficient (Wildman–Crippen LogP) is 2.49. The number of carbonyl (C=O) groups is 1. The Bertz CT molecular complexity index is 490. The number of hydrogen-bond acceptors (Lipinski definition) is 3. The Morgan fingerprint density at radius 3 is 2.95 bits per heavy atom. The second kappa shape index (κ2) is 6.59. The van der Waals surface area contributed by atoms with Crippen LogP contribution in [0.15, 0.2) is 22.7 Å². The van der Waals surface area contributed by atoms with Gasteiger partial charge in [0.25, 0.3) is 5.91 Å². The summed E-state index contributed by atoms with van der Waals surface area (Å²) in [7, 11) is 0. The first-order valence-electron chi connectivity index (χ1n) is 7.04. The quantitative estimate of drug-likeness (QED) is 0.828. The molecule has 0 radical (unpaired) electrons. The highest BCUT2D eigenvalue weighted by molar-refractivity contribution is 9.10. The average Bonchev–Trinajstić information content (AvgIpc) is 2.88. The molecule has 0 aliphatic carbocycles. The number of carbonyl (C=O) groups excluding carboxylic acids is 1. The van der Waals surface area contributed by atoms with E-state index in [1.165, 1.54) is 0 Å². The van der Waals surface area contributed by atoms with E-state index < -0.39 is 0 Å². The summed E-state index contributed by atoms with van der Waals surface area (Å²) in [5.74, 6) is 0.446. The standard InChI is InChI=1S/C15H22BrN3O/c1-10(2)19-6-5-11(9-19)8-18-15(20)13-7-12(16)3-4-14(13)17/h3-4,7,10-11H,5-6,8-9,17H2,1-2H3,(H,18,20). The number of hydrogen-bond donors (Lipinski definition) is 2. The number of nitrogens with one attached hydrogen (secondary N) is 1. The van der Waals surface area contributed by atoms with Crippen LogP contribution in [0.2, 0.25) is 0 Å². The second-order valence-electron chi connectivity index (χ2n) is 5.68. The number of amides is 1. The van der Waals surface area contributed by atoms with Crippen molar-refractivity contribution in [3.63, 3.8) is 0 Å². The largest absolute Gasteiger partial charge is 0.398 e. The molecule has 1 fully saturated rings. The first-order valence-corrected chi connectivity index (χ1v) is 7.84. The molecule has 1 aliphatic rings. The number of halogens is 1. The van der Waals surface area contributed by atoms with Crippen LogP contribution in [0, 0.1) is 5.92 Å². The maximum absolute atomic E-state index is 12.2. The molecule has 1 aromatic carbocycles. The van der Waals surface area contributed by atoms with Gasteiger partial charge in [0.2, 0.25) is 0 Å². The van der Waals surface area contributed by atoms with Crippen LogP contribution < -0.4 is 11.1 Å². The Balaban J connectivity index is 1.88. The maximum Gasteiger partial charge on any atom is 0.253 e. The summed E-state index contributed by atoms with van der Waals surface area (Å²) in [5, 5.41) is 3.00. The Morgan fingerprint density at radius 1 is 1.55 bits per heavy atom. The zero-order chi connectivity index (χ0) is 14.7. The van der Waals surface area contributed by atoms with Crippen LogP contribution in [-0.4, -0.2) is 36.5 Å². The van der Waals surface area contributed by atoms with E-state index >= 15 is 0 Å². The van der Waals surface area contributed by atoms with Gasteiger partial charge in [0.15, 0.2) is 0 Å². The van der Waals surface area contributed by atoms with Crippen LogP contribution in [0.3, 0.4) is 0 Å². The lowest BCUT2D eigenvalue weighted by atomic mass is 10.1. The zero-order valence-corrected chi connectivity index (χ0v) is 13.6. The van der Waals surface area contributed by atoms with E-state index in [1.807, 2.05) is 6.07 Å². The number of nitrogens with zero attached hydrogens (tertiary/aromatic N) is 1. The van der Waals surface area contributed by atoms with Gasteiger partial charge < -0.3 is 16.0 Å². The summed E-state index contributed by atoms with van der Waals surface area (Å²) < 4.78 is 0.865. The summed E-state index contributed by atoms with van der Waals surface area (Å²) in [4.78, 5) is 14.6. The van der Waals surface area contributed by atoms with Gasteiger partial charge in [-0.05, 0) is 50.9 Å². The number of likely N-dealkylation sites (tertiary alicyclic amines) is 1. The number of rotatable bonds is 4. The fraction of sp³-hybridized carbons (Fsp3) is 0.533. The van der Waals surface area contributed by atoms with E-state index in [0.717, 1.165) is 24.0 Å². The monoisotopic (exact) mass is 339 g/mol. The highest BCUT2D eigenvalue weighted by Gasteiger charge is 2.24. The van der Waals surface area contributed by atoms with Gasteiger partial charge >= 0.3 is 0 Å². The van der Waals surface area contributed by atoms with Crippen molar-refractivity contribution in [1.82, 2.24) is 10.2 Å². The Labute approximate surface area is 128 Å². The Kier molecular flexibility index (Phi) is 5.05. The van der Waals surface area contributed by atoms with Crippen molar-refractivity contribution in [2.24, 2.45) is 5.92 Å². The molecule has 0 saturated carbocycles. The third-order valence-electron chi connectivity index (χ3n) is 3.86. The normalized spacial score (nSPS) is 19.5. The van der Waals surface area contributed by atoms with Gasteiger partial charge in [0, 0.05) is 29.3 Å². The molecule has 1 heterocycles. The van der Waals surface area contributed by atoms with E-state index in [9.17, 15) is 4.79 Å². The van der Waals surface area contributed by atoms with Crippen molar-refractivity contribution in [2.45, 2.75) is 26.3 Å². The molecular weight excluding hydrogens is 318 g/mol. The Hall–Kier alpha value is -1.07. The third-order valence-corrected chi connectivity index (χ3v) is 4.35. The van der Waals surface area contributed by atoms with Crippen molar-refractivity contribution in [3.8, 4) is 0 Å². The zero-order valence-electron chi connectivity index (χ0n) is 12.0. The van der Waals surface area contributed by atoms with Crippen molar-refractivity contribution in [2.75, 3.05) is 25.4 Å². The molecule has 1 amide bonds. The molecule has 1 unspecified atom stereocenters. The SMILES string of the molecule is CC(C)N1CCC(CNC(=O)c2cc(Br)ccc2N)C1. The highest BCUT2D eigenvalue weighted by atomic mass is 79.9. The van der Waals surface area contributed by atoms with Gasteiger partial charge in [-0.3, -0.25) is 4.79 Å². The number of anilines is 1. The summed E-state index contributed by atoms with van der Waals surface area (Å²) in [6.07, 6.45) is 1.15. The maximum atomic E-state index is 12.2. The fourth-order valence-electron chi connectivity index (χ4n) is 2.56. The van der Waals surface area contributed by atoms with Crippen LogP contribution >= 0.6 is 15.9 Å². The van der Waals surface area contributed by atoms with Crippen LogP contribution in [0.4, 0.5) is 5.69 Å². The molecule has 1 atom stereocenters. The van der Waals surface area contributed by atoms with Crippen molar-refractivity contribution in [3.05, 3.63) is 28.2 Å². The van der Waals surface area contributed by atoms with Crippen molar-refractivity contribution < 1.29 is 4.79 Å². The molecule has 3 N–H and O–H groups in total. The minimum absolute atomic E-state index is 0.0909. The molecule has 1 saturated heterocycles. The number of nitrogen functional groups attached to an aromatic ring is 1. The van der Waals surface area contributed by atoms with Crippen LogP contribution in [0.1, 0.15) is 30.6 Å². The van der Waals surface area contributed by atoms with E-state index in [1.54, 1.807) is 12.1 Å². The molecule has 20 heavy (non-hydrogen) atoms. The second-order valence-corrected chi connectivity index (χ2v) is 6.60. The lowest BCUT2D eigenvalue weighted by molar-refractivity contribution is 0.0948. The highest BCUT2D eigenvalue weighted by Crippen LogP contribution is 2.20. The smallest absolute Gasteiger partial charge is 0.253 e. The van der Waals surface area contributed by atoms with E-state index in [2.05, 4.69) is 40.0 Å². The molecule has 4 nitrogen and oxygen atoms in total. The average molecular weight is 340 g/mol. The van der Waals surface area contributed by atoms with E-state index in [4.69, 9.17) is 5.73 Å². The molecule has 0 bridgehead atoms. The van der Waals surface area contributed by atoms with Crippen LogP contribution in [0.25, 0.3) is 0 Å². The van der Waals surface area contributed by atoms with Gasteiger partial charge in [-0.25, -0.2) is 0 Å². The Morgan fingerprint density at radius 2 is 2.30 bits per heavy atom. The third kappa shape index (κ3) is 3.73. The first kappa shape index (κ1) is 15.3. The first-order chi connectivity index (χ1) is 9.47. The van der Waals surface area contributed by atoms with E-state index in [0.29, 0.717) is 29.8 Å². The lowest BCUT2D eigenvalue weighted by Crippen LogP contribution is -2.33. The fourth-order valence-corrected chi connectivity index (χ4v) is 2.92. The molecule has 1 aromatic rings. The molecule has 110 valence electrons. The van der Waals surface area contributed by atoms with Crippen molar-refractivity contribution in [1.29, 1.82) is 0 Å². The lowest BCUT2D eigenvalue weighted by Gasteiger charge is -2.20. The molecular formula is C15H22BrN3O. The van der Waals surface area contributed by atoms with Gasteiger partial charge in [-0.1, -0.05) is 15.9 Å². The summed E-state index contributed by atoms with van der Waals surface area (Å²) >= 11 is 3.36. The van der Waals surface area contributed by atoms with E-state index in [-0.39, 0.29) is 5.91 Å². The molecule has 2 rings (SSSR count).